The van der Waals surface area contributed by atoms with Crippen LogP contribution < -0.4 is 5.32 Å². The Morgan fingerprint density at radius 3 is 2.71 bits per heavy atom. The summed E-state index contributed by atoms with van der Waals surface area (Å²) in [6.07, 6.45) is 2.17. The number of fused-ring (bicyclic) bond motifs is 1. The SMILES string of the molecule is CC1CN(C(=O)CCNc2ncnc3scc(-c4ccccc4)c23)CC(C)O1. The first kappa shape index (κ1) is 18.8. The van der Waals surface area contributed by atoms with E-state index >= 15 is 0 Å². The maximum Gasteiger partial charge on any atom is 0.224 e. The molecule has 1 fully saturated rings. The lowest BCUT2D eigenvalue weighted by Crippen LogP contribution is -2.48. The van der Waals surface area contributed by atoms with Crippen LogP contribution in [0.5, 0.6) is 0 Å². The highest BCUT2D eigenvalue weighted by atomic mass is 32.1. The molecule has 2 aromatic heterocycles. The van der Waals surface area contributed by atoms with Gasteiger partial charge in [-0.25, -0.2) is 9.97 Å². The molecule has 6 nitrogen and oxygen atoms in total. The first-order valence-corrected chi connectivity index (χ1v) is 10.4. The van der Waals surface area contributed by atoms with E-state index in [4.69, 9.17) is 4.74 Å². The number of ether oxygens (including phenoxy) is 1. The van der Waals surface area contributed by atoms with Crippen LogP contribution in [0.2, 0.25) is 0 Å². The van der Waals surface area contributed by atoms with E-state index in [0.717, 1.165) is 27.2 Å². The van der Waals surface area contributed by atoms with E-state index in [9.17, 15) is 4.79 Å². The topological polar surface area (TPSA) is 67.4 Å². The molecular formula is C21H24N4O2S. The maximum atomic E-state index is 12.6. The fraction of sp³-hybridized carbons (Fsp3) is 0.381. The van der Waals surface area contributed by atoms with Crippen molar-refractivity contribution in [2.45, 2.75) is 32.5 Å². The summed E-state index contributed by atoms with van der Waals surface area (Å²) in [5, 5.41) is 6.48. The van der Waals surface area contributed by atoms with Crippen LogP contribution in [-0.2, 0) is 9.53 Å². The maximum absolute atomic E-state index is 12.6. The van der Waals surface area contributed by atoms with Crippen LogP contribution >= 0.6 is 11.3 Å². The van der Waals surface area contributed by atoms with Gasteiger partial charge in [0.1, 0.15) is 17.0 Å². The van der Waals surface area contributed by atoms with E-state index in [2.05, 4.69) is 32.8 Å². The molecule has 3 aromatic rings. The van der Waals surface area contributed by atoms with Crippen molar-refractivity contribution in [1.29, 1.82) is 0 Å². The third-order valence-corrected chi connectivity index (χ3v) is 5.75. The summed E-state index contributed by atoms with van der Waals surface area (Å²) >= 11 is 1.61. The van der Waals surface area contributed by atoms with Gasteiger partial charge in [-0.05, 0) is 19.4 Å². The monoisotopic (exact) mass is 396 g/mol. The summed E-state index contributed by atoms with van der Waals surface area (Å²) in [6, 6.07) is 10.2. The fourth-order valence-electron chi connectivity index (χ4n) is 3.67. The summed E-state index contributed by atoms with van der Waals surface area (Å²) in [6.45, 7) is 5.86. The van der Waals surface area contributed by atoms with Crippen molar-refractivity contribution < 1.29 is 9.53 Å². The summed E-state index contributed by atoms with van der Waals surface area (Å²) < 4.78 is 5.71. The van der Waals surface area contributed by atoms with Gasteiger partial charge in [-0.3, -0.25) is 4.79 Å². The Balaban J connectivity index is 1.47. The normalized spacial score (nSPS) is 19.7. The number of carbonyl (C=O) groups excluding carboxylic acids is 1. The predicted octanol–water partition coefficient (Wildman–Crippen LogP) is 3.80. The molecule has 3 heterocycles. The zero-order valence-electron chi connectivity index (χ0n) is 16.1. The van der Waals surface area contributed by atoms with Crippen molar-refractivity contribution in [3.63, 3.8) is 0 Å². The summed E-state index contributed by atoms with van der Waals surface area (Å²) in [4.78, 5) is 24.3. The van der Waals surface area contributed by atoms with E-state index < -0.39 is 0 Å². The van der Waals surface area contributed by atoms with Crippen LogP contribution in [-0.4, -0.2) is 52.6 Å². The molecule has 1 aliphatic rings. The standard InChI is InChI=1S/C21H24N4O2S/c1-14-10-25(11-15(2)27-14)18(26)8-9-22-20-19-17(16-6-4-3-5-7-16)12-28-21(19)24-13-23-20/h3-7,12-15H,8-11H2,1-2H3,(H,22,23,24). The molecule has 0 saturated carbocycles. The highest BCUT2D eigenvalue weighted by Crippen LogP contribution is 2.36. The van der Waals surface area contributed by atoms with Crippen LogP contribution in [0.25, 0.3) is 21.3 Å². The lowest BCUT2D eigenvalue weighted by molar-refractivity contribution is -0.142. The third-order valence-electron chi connectivity index (χ3n) is 4.86. The molecule has 1 aliphatic heterocycles. The van der Waals surface area contributed by atoms with Gasteiger partial charge in [-0.15, -0.1) is 11.3 Å². The Bertz CT molecular complexity index is 949. The van der Waals surface area contributed by atoms with Gasteiger partial charge in [-0.2, -0.15) is 0 Å². The number of morpholine rings is 1. The zero-order valence-corrected chi connectivity index (χ0v) is 16.9. The Kier molecular flexibility index (Phi) is 5.54. The molecule has 1 aromatic carbocycles. The van der Waals surface area contributed by atoms with Gasteiger partial charge in [0.25, 0.3) is 0 Å². The largest absolute Gasteiger partial charge is 0.372 e. The number of carbonyl (C=O) groups is 1. The molecule has 0 aliphatic carbocycles. The molecule has 7 heteroatoms. The van der Waals surface area contributed by atoms with E-state index in [1.54, 1.807) is 17.7 Å². The number of benzene rings is 1. The lowest BCUT2D eigenvalue weighted by atomic mass is 10.1. The average Bonchev–Trinajstić information content (AvgIpc) is 3.13. The van der Waals surface area contributed by atoms with Gasteiger partial charge < -0.3 is 15.0 Å². The Morgan fingerprint density at radius 2 is 1.96 bits per heavy atom. The van der Waals surface area contributed by atoms with Crippen LogP contribution in [0.15, 0.2) is 42.0 Å². The quantitative estimate of drug-likeness (QED) is 0.711. The molecule has 0 spiro atoms. The van der Waals surface area contributed by atoms with Crippen molar-refractivity contribution in [3.05, 3.63) is 42.0 Å². The van der Waals surface area contributed by atoms with Crippen molar-refractivity contribution in [1.82, 2.24) is 14.9 Å². The van der Waals surface area contributed by atoms with E-state index in [-0.39, 0.29) is 18.1 Å². The summed E-state index contributed by atoms with van der Waals surface area (Å²) in [5.41, 5.74) is 2.25. The number of aromatic nitrogens is 2. The van der Waals surface area contributed by atoms with Crippen LogP contribution in [0.1, 0.15) is 20.3 Å². The average molecular weight is 397 g/mol. The molecule has 4 rings (SSSR count). The van der Waals surface area contributed by atoms with Crippen molar-refractivity contribution in [2.75, 3.05) is 25.0 Å². The highest BCUT2D eigenvalue weighted by Gasteiger charge is 2.25. The van der Waals surface area contributed by atoms with Crippen LogP contribution in [0.3, 0.4) is 0 Å². The number of anilines is 1. The minimum atomic E-state index is 0.0846. The molecule has 28 heavy (non-hydrogen) atoms. The van der Waals surface area contributed by atoms with Gasteiger partial charge in [-0.1, -0.05) is 30.3 Å². The lowest BCUT2D eigenvalue weighted by Gasteiger charge is -2.35. The van der Waals surface area contributed by atoms with E-state index in [0.29, 0.717) is 26.1 Å². The number of amides is 1. The first-order chi connectivity index (χ1) is 13.6. The zero-order chi connectivity index (χ0) is 19.5. The smallest absolute Gasteiger partial charge is 0.224 e. The van der Waals surface area contributed by atoms with Crippen molar-refractivity contribution in [2.24, 2.45) is 0 Å². The summed E-state index contributed by atoms with van der Waals surface area (Å²) in [5.74, 6) is 0.926. The number of thiophene rings is 1. The molecule has 1 saturated heterocycles. The number of nitrogens with one attached hydrogen (secondary N) is 1. The van der Waals surface area contributed by atoms with Crippen LogP contribution in [0, 0.1) is 0 Å². The molecule has 1 amide bonds. The van der Waals surface area contributed by atoms with Gasteiger partial charge in [0.2, 0.25) is 5.91 Å². The number of hydrogen-bond donors (Lipinski definition) is 1. The van der Waals surface area contributed by atoms with Crippen molar-refractivity contribution in [3.8, 4) is 11.1 Å². The minimum Gasteiger partial charge on any atom is -0.372 e. The fourth-order valence-corrected chi connectivity index (χ4v) is 4.58. The number of rotatable bonds is 5. The minimum absolute atomic E-state index is 0.0846. The van der Waals surface area contributed by atoms with Gasteiger partial charge in [0.05, 0.1) is 17.6 Å². The van der Waals surface area contributed by atoms with Crippen LogP contribution in [0.4, 0.5) is 5.82 Å². The first-order valence-electron chi connectivity index (χ1n) is 9.56. The van der Waals surface area contributed by atoms with Gasteiger partial charge in [0.15, 0.2) is 0 Å². The molecule has 0 bridgehead atoms. The molecular weight excluding hydrogens is 372 g/mol. The Morgan fingerprint density at radius 1 is 1.21 bits per heavy atom. The van der Waals surface area contributed by atoms with E-state index in [1.165, 1.54) is 0 Å². The van der Waals surface area contributed by atoms with Crippen molar-refractivity contribution >= 4 is 33.3 Å². The van der Waals surface area contributed by atoms with Gasteiger partial charge >= 0.3 is 0 Å². The third kappa shape index (κ3) is 4.00. The number of nitrogens with zero attached hydrogens (tertiary/aromatic N) is 3. The Hall–Kier alpha value is -2.51. The molecule has 1 N–H and O–H groups in total. The highest BCUT2D eigenvalue weighted by molar-refractivity contribution is 7.17. The molecule has 0 radical (unpaired) electrons. The van der Waals surface area contributed by atoms with E-state index in [1.807, 2.05) is 36.9 Å². The molecule has 2 unspecified atom stereocenters. The predicted molar refractivity (Wildman–Crippen MR) is 113 cm³/mol. The summed E-state index contributed by atoms with van der Waals surface area (Å²) in [7, 11) is 0. The molecule has 146 valence electrons. The molecule has 2 atom stereocenters. The van der Waals surface area contributed by atoms with Gasteiger partial charge in [0, 0.05) is 37.0 Å². The Labute approximate surface area is 168 Å². The second-order valence-corrected chi connectivity index (χ2v) is 8.01. The second-order valence-electron chi connectivity index (χ2n) is 7.15. The number of hydrogen-bond acceptors (Lipinski definition) is 6. The second kappa shape index (κ2) is 8.24.